The molecule has 1 aliphatic heterocycles. The number of Topliss-reactive ketones (excluding diaryl/α,β-unsaturated/α-hetero) is 1. The Kier molecular flexibility index (Phi) is 3.22. The van der Waals surface area contributed by atoms with E-state index in [1.54, 1.807) is 6.92 Å². The fourth-order valence-electron chi connectivity index (χ4n) is 2.36. The van der Waals surface area contributed by atoms with Crippen molar-refractivity contribution >= 4 is 5.78 Å². The third kappa shape index (κ3) is 2.81. The summed E-state index contributed by atoms with van der Waals surface area (Å²) in [6.45, 7) is 5.22. The number of piperidine rings is 1. The molecule has 0 aromatic carbocycles. The summed E-state index contributed by atoms with van der Waals surface area (Å²) in [6, 6.07) is 0. The first kappa shape index (κ1) is 10.2. The van der Waals surface area contributed by atoms with Crippen molar-refractivity contribution in [2.24, 2.45) is 11.8 Å². The third-order valence-electron chi connectivity index (χ3n) is 3.63. The van der Waals surface area contributed by atoms with E-state index in [-0.39, 0.29) is 0 Å². The van der Waals surface area contributed by atoms with Gasteiger partial charge in [-0.05, 0) is 45.2 Å². The van der Waals surface area contributed by atoms with Crippen molar-refractivity contribution in [3.05, 3.63) is 0 Å². The van der Waals surface area contributed by atoms with Crippen molar-refractivity contribution in [2.45, 2.75) is 39.0 Å². The number of hydrogen-bond acceptors (Lipinski definition) is 2. The summed E-state index contributed by atoms with van der Waals surface area (Å²) < 4.78 is 0. The number of carbonyl (C=O) groups excluding carboxylic acids is 1. The number of nitrogens with zero attached hydrogens (tertiary/aromatic N) is 1. The Hall–Kier alpha value is -0.370. The molecule has 1 saturated heterocycles. The van der Waals surface area contributed by atoms with Gasteiger partial charge in [0.05, 0.1) is 0 Å². The lowest BCUT2D eigenvalue weighted by Crippen LogP contribution is -2.38. The fraction of sp³-hybridized carbons (Fsp3) is 0.917. The van der Waals surface area contributed by atoms with Gasteiger partial charge in [0.1, 0.15) is 5.78 Å². The van der Waals surface area contributed by atoms with Crippen LogP contribution in [0.1, 0.15) is 39.0 Å². The van der Waals surface area contributed by atoms with E-state index in [0.717, 1.165) is 18.9 Å². The molecule has 0 aromatic heterocycles. The van der Waals surface area contributed by atoms with E-state index in [0.29, 0.717) is 11.7 Å². The van der Waals surface area contributed by atoms with Gasteiger partial charge in [0.25, 0.3) is 0 Å². The topological polar surface area (TPSA) is 20.3 Å². The highest BCUT2D eigenvalue weighted by Gasteiger charge is 2.25. The first-order valence-electron chi connectivity index (χ1n) is 5.98. The van der Waals surface area contributed by atoms with Crippen molar-refractivity contribution in [3.63, 3.8) is 0 Å². The van der Waals surface area contributed by atoms with E-state index in [1.165, 1.54) is 38.8 Å². The number of carbonyl (C=O) groups is 1. The highest BCUT2D eigenvalue weighted by atomic mass is 16.1. The summed E-state index contributed by atoms with van der Waals surface area (Å²) in [7, 11) is 0. The molecule has 1 unspecified atom stereocenters. The van der Waals surface area contributed by atoms with Crippen LogP contribution < -0.4 is 0 Å². The van der Waals surface area contributed by atoms with Crippen LogP contribution in [0, 0.1) is 11.8 Å². The van der Waals surface area contributed by atoms with Crippen LogP contribution >= 0.6 is 0 Å². The normalized spacial score (nSPS) is 29.1. The minimum Gasteiger partial charge on any atom is -0.303 e. The molecular formula is C12H21NO. The Morgan fingerprint density at radius 3 is 2.79 bits per heavy atom. The highest BCUT2D eigenvalue weighted by Crippen LogP contribution is 2.32. The standard InChI is InChI=1S/C12H21NO/c1-10(14)12-3-2-7-13(9-12)8-6-11-4-5-11/h11-12H,2-9H2,1H3. The molecule has 0 N–H and O–H groups in total. The molecule has 0 bridgehead atoms. The molecule has 80 valence electrons. The maximum Gasteiger partial charge on any atom is 0.134 e. The molecule has 1 atom stereocenters. The molecule has 0 amide bonds. The van der Waals surface area contributed by atoms with E-state index in [4.69, 9.17) is 0 Å². The predicted octanol–water partition coefficient (Wildman–Crippen LogP) is 2.09. The van der Waals surface area contributed by atoms with Crippen molar-refractivity contribution in [3.8, 4) is 0 Å². The zero-order chi connectivity index (χ0) is 9.97. The molecule has 2 aliphatic rings. The lowest BCUT2D eigenvalue weighted by Gasteiger charge is -2.31. The average Bonchev–Trinajstić information content (AvgIpc) is 2.99. The maximum atomic E-state index is 11.3. The van der Waals surface area contributed by atoms with E-state index >= 15 is 0 Å². The van der Waals surface area contributed by atoms with E-state index in [9.17, 15) is 4.79 Å². The van der Waals surface area contributed by atoms with Gasteiger partial charge in [-0.1, -0.05) is 12.8 Å². The van der Waals surface area contributed by atoms with Gasteiger partial charge in [-0.15, -0.1) is 0 Å². The summed E-state index contributed by atoms with van der Waals surface area (Å²) in [4.78, 5) is 13.8. The Bertz CT molecular complexity index is 210. The monoisotopic (exact) mass is 195 g/mol. The lowest BCUT2D eigenvalue weighted by molar-refractivity contribution is -0.122. The van der Waals surface area contributed by atoms with Crippen LogP contribution in [0.15, 0.2) is 0 Å². The second-order valence-electron chi connectivity index (χ2n) is 4.98. The van der Waals surface area contributed by atoms with Crippen LogP contribution in [-0.4, -0.2) is 30.3 Å². The molecule has 1 aliphatic carbocycles. The summed E-state index contributed by atoms with van der Waals surface area (Å²) >= 11 is 0. The molecular weight excluding hydrogens is 174 g/mol. The lowest BCUT2D eigenvalue weighted by atomic mass is 9.94. The molecule has 2 heteroatoms. The summed E-state index contributed by atoms with van der Waals surface area (Å²) in [5.74, 6) is 1.75. The van der Waals surface area contributed by atoms with Crippen LogP contribution in [0.5, 0.6) is 0 Å². The van der Waals surface area contributed by atoms with E-state index in [2.05, 4.69) is 4.90 Å². The Labute approximate surface area is 86.7 Å². The maximum absolute atomic E-state index is 11.3. The van der Waals surface area contributed by atoms with Gasteiger partial charge in [-0.25, -0.2) is 0 Å². The highest BCUT2D eigenvalue weighted by molar-refractivity contribution is 5.78. The van der Waals surface area contributed by atoms with Gasteiger partial charge >= 0.3 is 0 Å². The number of hydrogen-bond donors (Lipinski definition) is 0. The van der Waals surface area contributed by atoms with E-state index < -0.39 is 0 Å². The SMILES string of the molecule is CC(=O)C1CCCN(CCC2CC2)C1. The molecule has 2 fully saturated rings. The third-order valence-corrected chi connectivity index (χ3v) is 3.63. The number of ketones is 1. The Balaban J connectivity index is 1.72. The van der Waals surface area contributed by atoms with Crippen LogP contribution in [0.3, 0.4) is 0 Å². The molecule has 2 nitrogen and oxygen atoms in total. The fourth-order valence-corrected chi connectivity index (χ4v) is 2.36. The average molecular weight is 195 g/mol. The van der Waals surface area contributed by atoms with Gasteiger partial charge in [0, 0.05) is 12.5 Å². The summed E-state index contributed by atoms with van der Waals surface area (Å²) in [5.41, 5.74) is 0. The first-order chi connectivity index (χ1) is 6.75. The van der Waals surface area contributed by atoms with Gasteiger partial charge < -0.3 is 4.90 Å². The zero-order valence-electron chi connectivity index (χ0n) is 9.17. The predicted molar refractivity (Wildman–Crippen MR) is 57.2 cm³/mol. The summed E-state index contributed by atoms with van der Waals surface area (Å²) in [5, 5.41) is 0. The van der Waals surface area contributed by atoms with Crippen LogP contribution in [0.4, 0.5) is 0 Å². The molecule has 0 aromatic rings. The van der Waals surface area contributed by atoms with Gasteiger partial charge in [0.2, 0.25) is 0 Å². The Morgan fingerprint density at radius 1 is 1.36 bits per heavy atom. The van der Waals surface area contributed by atoms with Gasteiger partial charge in [-0.3, -0.25) is 4.79 Å². The van der Waals surface area contributed by atoms with Crippen LogP contribution in [0.25, 0.3) is 0 Å². The molecule has 2 rings (SSSR count). The van der Waals surface area contributed by atoms with Crippen molar-refractivity contribution in [1.82, 2.24) is 4.90 Å². The van der Waals surface area contributed by atoms with Crippen molar-refractivity contribution in [2.75, 3.05) is 19.6 Å². The van der Waals surface area contributed by atoms with Crippen molar-refractivity contribution < 1.29 is 4.79 Å². The van der Waals surface area contributed by atoms with Crippen LogP contribution in [0.2, 0.25) is 0 Å². The minimum atomic E-state index is 0.336. The van der Waals surface area contributed by atoms with Gasteiger partial charge in [0.15, 0.2) is 0 Å². The second-order valence-corrected chi connectivity index (χ2v) is 4.98. The molecule has 0 spiro atoms. The second kappa shape index (κ2) is 4.43. The number of likely N-dealkylation sites (tertiary alicyclic amines) is 1. The van der Waals surface area contributed by atoms with E-state index in [1.807, 2.05) is 0 Å². The molecule has 0 radical (unpaired) electrons. The van der Waals surface area contributed by atoms with Gasteiger partial charge in [-0.2, -0.15) is 0 Å². The molecule has 1 saturated carbocycles. The van der Waals surface area contributed by atoms with Crippen molar-refractivity contribution in [1.29, 1.82) is 0 Å². The smallest absolute Gasteiger partial charge is 0.134 e. The first-order valence-corrected chi connectivity index (χ1v) is 5.98. The number of rotatable bonds is 4. The Morgan fingerprint density at radius 2 is 2.14 bits per heavy atom. The quantitative estimate of drug-likeness (QED) is 0.684. The largest absolute Gasteiger partial charge is 0.303 e. The zero-order valence-corrected chi connectivity index (χ0v) is 9.17. The minimum absolute atomic E-state index is 0.336. The molecule has 14 heavy (non-hydrogen) atoms. The molecule has 1 heterocycles. The summed E-state index contributed by atoms with van der Waals surface area (Å²) in [6.07, 6.45) is 6.60. The van der Waals surface area contributed by atoms with Crippen LogP contribution in [-0.2, 0) is 4.79 Å².